The summed E-state index contributed by atoms with van der Waals surface area (Å²) in [5.74, 6) is 1.70. The van der Waals surface area contributed by atoms with E-state index < -0.39 is 0 Å². The highest BCUT2D eigenvalue weighted by Crippen LogP contribution is 2.41. The van der Waals surface area contributed by atoms with Gasteiger partial charge in [0.2, 0.25) is 5.88 Å². The summed E-state index contributed by atoms with van der Waals surface area (Å²) in [6.07, 6.45) is 14.1. The molecule has 1 saturated carbocycles. The van der Waals surface area contributed by atoms with Crippen molar-refractivity contribution in [2.75, 3.05) is 11.4 Å². The smallest absolute Gasteiger partial charge is 0.254 e. The lowest BCUT2D eigenvalue weighted by Crippen LogP contribution is -2.49. The molecule has 3 aliphatic heterocycles. The topological polar surface area (TPSA) is 45.7 Å². The van der Waals surface area contributed by atoms with Gasteiger partial charge < -0.3 is 14.5 Å². The summed E-state index contributed by atoms with van der Waals surface area (Å²) in [5.41, 5.74) is 2.11. The summed E-state index contributed by atoms with van der Waals surface area (Å²) >= 11 is 0. The van der Waals surface area contributed by atoms with E-state index in [9.17, 15) is 4.79 Å². The van der Waals surface area contributed by atoms with Crippen molar-refractivity contribution in [1.82, 2.24) is 9.88 Å². The van der Waals surface area contributed by atoms with Crippen LogP contribution in [0.2, 0.25) is 0 Å². The number of rotatable bonds is 4. The molecule has 5 nitrogen and oxygen atoms in total. The molecule has 1 amide bonds. The fourth-order valence-corrected chi connectivity index (χ4v) is 7.05. The maximum Gasteiger partial charge on any atom is 0.254 e. The first-order valence-corrected chi connectivity index (χ1v) is 13.0. The molecule has 0 spiro atoms. The molecule has 174 valence electrons. The van der Waals surface area contributed by atoms with Crippen LogP contribution in [0.4, 0.5) is 5.69 Å². The molecule has 33 heavy (non-hydrogen) atoms. The first-order valence-electron chi connectivity index (χ1n) is 13.0. The van der Waals surface area contributed by atoms with E-state index in [1.807, 2.05) is 18.2 Å². The Hall–Kier alpha value is -2.56. The Bertz CT molecular complexity index is 947. The highest BCUT2D eigenvalue weighted by Gasteiger charge is 2.42. The number of nitrogens with zero attached hydrogens (tertiary/aromatic N) is 3. The van der Waals surface area contributed by atoms with Crippen LogP contribution in [0, 0.1) is 5.92 Å². The molecular formula is C28H35N3O2. The average molecular weight is 446 g/mol. The number of fused-ring (bicyclic) bond motifs is 3. The van der Waals surface area contributed by atoms with Crippen LogP contribution in [-0.2, 0) is 0 Å². The van der Waals surface area contributed by atoms with Crippen molar-refractivity contribution in [3.63, 3.8) is 0 Å². The number of aromatic nitrogens is 1. The molecule has 4 aliphatic rings. The Balaban J connectivity index is 1.13. The van der Waals surface area contributed by atoms with E-state index in [0.717, 1.165) is 43.2 Å². The summed E-state index contributed by atoms with van der Waals surface area (Å²) in [4.78, 5) is 22.5. The van der Waals surface area contributed by atoms with Gasteiger partial charge in [-0.25, -0.2) is 4.98 Å². The first-order chi connectivity index (χ1) is 16.3. The minimum absolute atomic E-state index is 0.233. The van der Waals surface area contributed by atoms with Gasteiger partial charge in [0, 0.05) is 61.0 Å². The van der Waals surface area contributed by atoms with Crippen LogP contribution in [0.25, 0.3) is 0 Å². The maximum atomic E-state index is 13.4. The molecule has 5 atom stereocenters. The second-order valence-electron chi connectivity index (χ2n) is 10.5. The molecule has 2 aromatic rings. The monoisotopic (exact) mass is 445 g/mol. The van der Waals surface area contributed by atoms with Crippen LogP contribution in [0.5, 0.6) is 5.88 Å². The number of hydrogen-bond acceptors (Lipinski definition) is 4. The SMILES string of the molecule is O=C(c1ccc(N2C3CC[C@H]2CC(Oc2ccccn2)C3)cc1)N1CCCC2CCCCC21. The summed E-state index contributed by atoms with van der Waals surface area (Å²) in [5, 5.41) is 0. The van der Waals surface area contributed by atoms with Crippen molar-refractivity contribution in [2.24, 2.45) is 5.92 Å². The van der Waals surface area contributed by atoms with E-state index >= 15 is 0 Å². The minimum atomic E-state index is 0.233. The molecule has 1 aliphatic carbocycles. The Morgan fingerprint density at radius 3 is 2.39 bits per heavy atom. The van der Waals surface area contributed by atoms with Crippen LogP contribution < -0.4 is 9.64 Å². The zero-order valence-electron chi connectivity index (χ0n) is 19.4. The van der Waals surface area contributed by atoms with Crippen molar-refractivity contribution in [2.45, 2.75) is 88.4 Å². The lowest BCUT2D eigenvalue weighted by atomic mass is 9.78. The number of amides is 1. The molecule has 5 heteroatoms. The summed E-state index contributed by atoms with van der Waals surface area (Å²) in [6.45, 7) is 0.926. The Kier molecular flexibility index (Phi) is 5.73. The fraction of sp³-hybridized carbons (Fsp3) is 0.571. The number of hydrogen-bond donors (Lipinski definition) is 0. The second-order valence-corrected chi connectivity index (χ2v) is 10.5. The van der Waals surface area contributed by atoms with Crippen molar-refractivity contribution in [3.05, 3.63) is 54.2 Å². The number of ether oxygens (including phenoxy) is 1. The van der Waals surface area contributed by atoms with E-state index in [1.165, 1.54) is 50.6 Å². The van der Waals surface area contributed by atoms with Gasteiger partial charge in [-0.1, -0.05) is 18.9 Å². The summed E-state index contributed by atoms with van der Waals surface area (Å²) < 4.78 is 6.19. The molecule has 4 unspecified atom stereocenters. The number of likely N-dealkylation sites (tertiary alicyclic amines) is 1. The third-order valence-electron chi connectivity index (χ3n) is 8.53. The highest BCUT2D eigenvalue weighted by atomic mass is 16.5. The van der Waals surface area contributed by atoms with Crippen LogP contribution in [0.3, 0.4) is 0 Å². The molecule has 2 bridgehead atoms. The zero-order chi connectivity index (χ0) is 22.2. The standard InChI is InChI=1S/C28H35N3O2/c32-28(30-17-5-7-20-6-1-2-8-26(20)30)21-10-12-22(13-11-21)31-23-14-15-24(31)19-25(18-23)33-27-9-3-4-16-29-27/h3-4,9-13,16,20,23-26H,1-2,5-8,14-15,17-19H2/t20?,23-,24?,25?,26?/m0/s1. The third kappa shape index (κ3) is 4.11. The fourth-order valence-electron chi connectivity index (χ4n) is 7.05. The van der Waals surface area contributed by atoms with Crippen molar-refractivity contribution in [1.29, 1.82) is 0 Å². The number of carbonyl (C=O) groups excluding carboxylic acids is 1. The Labute approximate surface area is 197 Å². The lowest BCUT2D eigenvalue weighted by Gasteiger charge is -2.44. The van der Waals surface area contributed by atoms with E-state index in [-0.39, 0.29) is 12.0 Å². The molecular weight excluding hydrogens is 410 g/mol. The Morgan fingerprint density at radius 2 is 1.64 bits per heavy atom. The highest BCUT2D eigenvalue weighted by molar-refractivity contribution is 5.95. The van der Waals surface area contributed by atoms with Gasteiger partial charge in [0.15, 0.2) is 0 Å². The second kappa shape index (κ2) is 9.00. The number of anilines is 1. The number of benzene rings is 1. The average Bonchev–Trinajstić information content (AvgIpc) is 3.14. The van der Waals surface area contributed by atoms with Gasteiger partial charge in [0.1, 0.15) is 6.10 Å². The first kappa shape index (κ1) is 21.0. The molecule has 0 N–H and O–H groups in total. The van der Waals surface area contributed by atoms with Gasteiger partial charge in [0.05, 0.1) is 0 Å². The van der Waals surface area contributed by atoms with Crippen LogP contribution in [-0.4, -0.2) is 46.6 Å². The predicted molar refractivity (Wildman–Crippen MR) is 130 cm³/mol. The minimum Gasteiger partial charge on any atom is -0.474 e. The Morgan fingerprint density at radius 1 is 0.879 bits per heavy atom. The summed E-state index contributed by atoms with van der Waals surface area (Å²) in [6, 6.07) is 15.8. The van der Waals surface area contributed by atoms with Crippen LogP contribution in [0.15, 0.2) is 48.7 Å². The third-order valence-corrected chi connectivity index (χ3v) is 8.53. The molecule has 4 heterocycles. The van der Waals surface area contributed by atoms with Crippen molar-refractivity contribution < 1.29 is 9.53 Å². The van der Waals surface area contributed by atoms with E-state index in [1.54, 1.807) is 6.20 Å². The van der Waals surface area contributed by atoms with Crippen molar-refractivity contribution in [3.8, 4) is 5.88 Å². The van der Waals surface area contributed by atoms with Crippen molar-refractivity contribution >= 4 is 11.6 Å². The zero-order valence-corrected chi connectivity index (χ0v) is 19.4. The van der Waals surface area contributed by atoms with Gasteiger partial charge in [0.25, 0.3) is 5.91 Å². The van der Waals surface area contributed by atoms with Gasteiger partial charge in [-0.15, -0.1) is 0 Å². The molecule has 1 aromatic heterocycles. The molecule has 4 fully saturated rings. The lowest BCUT2D eigenvalue weighted by molar-refractivity contribution is 0.0390. The molecule has 6 rings (SSSR count). The summed E-state index contributed by atoms with van der Waals surface area (Å²) in [7, 11) is 0. The predicted octanol–water partition coefficient (Wildman–Crippen LogP) is 5.46. The van der Waals surface area contributed by atoms with Gasteiger partial charge >= 0.3 is 0 Å². The van der Waals surface area contributed by atoms with Crippen LogP contribution >= 0.6 is 0 Å². The van der Waals surface area contributed by atoms with Gasteiger partial charge in [-0.2, -0.15) is 0 Å². The maximum absolute atomic E-state index is 13.4. The molecule has 1 aromatic carbocycles. The van der Waals surface area contributed by atoms with Gasteiger partial charge in [-0.05, 0) is 74.8 Å². The van der Waals surface area contributed by atoms with E-state index in [0.29, 0.717) is 18.1 Å². The van der Waals surface area contributed by atoms with E-state index in [2.05, 4.69) is 39.0 Å². The van der Waals surface area contributed by atoms with Gasteiger partial charge in [-0.3, -0.25) is 4.79 Å². The normalized spacial score (nSPS) is 31.2. The number of pyridine rings is 1. The number of piperidine rings is 2. The molecule has 3 saturated heterocycles. The quantitative estimate of drug-likeness (QED) is 0.627. The molecule has 0 radical (unpaired) electrons. The van der Waals surface area contributed by atoms with Crippen LogP contribution in [0.1, 0.15) is 74.6 Å². The largest absolute Gasteiger partial charge is 0.474 e. The number of carbonyl (C=O) groups is 1. The van der Waals surface area contributed by atoms with E-state index in [4.69, 9.17) is 4.74 Å².